The van der Waals surface area contributed by atoms with Crippen molar-refractivity contribution >= 4 is 17.5 Å². The van der Waals surface area contributed by atoms with E-state index >= 15 is 0 Å². The maximum absolute atomic E-state index is 12.2. The van der Waals surface area contributed by atoms with Gasteiger partial charge in [-0.15, -0.1) is 0 Å². The Labute approximate surface area is 190 Å². The quantitative estimate of drug-likeness (QED) is 0.501. The minimum absolute atomic E-state index is 0.0509. The van der Waals surface area contributed by atoms with Crippen molar-refractivity contribution in [2.75, 3.05) is 11.9 Å². The molecule has 3 rings (SSSR count). The highest BCUT2D eigenvalue weighted by Crippen LogP contribution is 2.26. The molecule has 2 aromatic rings. The van der Waals surface area contributed by atoms with Crippen LogP contribution in [0.25, 0.3) is 0 Å². The number of aryl methyl sites for hydroxylation is 2. The van der Waals surface area contributed by atoms with Crippen molar-refractivity contribution in [1.29, 1.82) is 0 Å². The molecule has 0 saturated heterocycles. The average Bonchev–Trinajstić information content (AvgIpc) is 2.76. The van der Waals surface area contributed by atoms with Crippen molar-refractivity contribution in [3.63, 3.8) is 0 Å². The van der Waals surface area contributed by atoms with Gasteiger partial charge in [0.25, 0.3) is 0 Å². The minimum Gasteiger partial charge on any atom is -0.494 e. The van der Waals surface area contributed by atoms with Crippen LogP contribution in [0.5, 0.6) is 11.5 Å². The van der Waals surface area contributed by atoms with Crippen LogP contribution in [0.3, 0.4) is 0 Å². The lowest BCUT2D eigenvalue weighted by atomic mass is 10.0. The van der Waals surface area contributed by atoms with Gasteiger partial charge in [0, 0.05) is 24.6 Å². The van der Waals surface area contributed by atoms with Gasteiger partial charge in [-0.1, -0.05) is 12.1 Å². The van der Waals surface area contributed by atoms with Crippen molar-refractivity contribution in [1.82, 2.24) is 5.32 Å². The first-order valence-electron chi connectivity index (χ1n) is 11.5. The van der Waals surface area contributed by atoms with Crippen LogP contribution in [-0.2, 0) is 22.4 Å². The first-order chi connectivity index (χ1) is 15.4. The van der Waals surface area contributed by atoms with Gasteiger partial charge >= 0.3 is 0 Å². The summed E-state index contributed by atoms with van der Waals surface area (Å²) in [5, 5.41) is 5.94. The van der Waals surface area contributed by atoms with E-state index in [1.165, 1.54) is 5.56 Å². The summed E-state index contributed by atoms with van der Waals surface area (Å²) in [6.07, 6.45) is 4.30. The van der Waals surface area contributed by atoms with E-state index in [4.69, 9.17) is 9.47 Å². The van der Waals surface area contributed by atoms with E-state index in [0.717, 1.165) is 42.0 Å². The third kappa shape index (κ3) is 7.59. The molecule has 2 aromatic carbocycles. The van der Waals surface area contributed by atoms with Crippen molar-refractivity contribution in [2.24, 2.45) is 0 Å². The van der Waals surface area contributed by atoms with E-state index in [0.29, 0.717) is 25.9 Å². The summed E-state index contributed by atoms with van der Waals surface area (Å²) < 4.78 is 11.5. The fourth-order valence-electron chi connectivity index (χ4n) is 3.68. The first-order valence-corrected chi connectivity index (χ1v) is 11.5. The largest absolute Gasteiger partial charge is 0.494 e. The third-order valence-corrected chi connectivity index (χ3v) is 5.36. The monoisotopic (exact) mass is 438 g/mol. The van der Waals surface area contributed by atoms with Gasteiger partial charge in [0.05, 0.1) is 12.7 Å². The SMILES string of the molecule is CC(CCc1ccc(OC(C)C)cc1)NC(=O)CCCOc1ccc2c(c1)CCC(=O)N2. The molecule has 172 valence electrons. The number of rotatable bonds is 11. The Kier molecular flexibility index (Phi) is 8.54. The van der Waals surface area contributed by atoms with Crippen LogP contribution in [0.2, 0.25) is 0 Å². The topological polar surface area (TPSA) is 76.7 Å². The Balaban J connectivity index is 1.31. The van der Waals surface area contributed by atoms with E-state index in [2.05, 4.69) is 22.8 Å². The van der Waals surface area contributed by atoms with Gasteiger partial charge in [0.15, 0.2) is 0 Å². The fraction of sp³-hybridized carbons (Fsp3) is 0.462. The molecular formula is C26H34N2O4. The minimum atomic E-state index is 0.0509. The zero-order valence-corrected chi connectivity index (χ0v) is 19.3. The Morgan fingerprint density at radius 2 is 1.81 bits per heavy atom. The second-order valence-corrected chi connectivity index (χ2v) is 8.64. The molecule has 0 spiro atoms. The van der Waals surface area contributed by atoms with Gasteiger partial charge in [-0.25, -0.2) is 0 Å². The zero-order chi connectivity index (χ0) is 22.9. The highest BCUT2D eigenvalue weighted by molar-refractivity contribution is 5.94. The maximum atomic E-state index is 12.2. The lowest BCUT2D eigenvalue weighted by Gasteiger charge is -2.18. The van der Waals surface area contributed by atoms with Gasteiger partial charge in [-0.05, 0) is 87.9 Å². The van der Waals surface area contributed by atoms with Gasteiger partial charge in [0.1, 0.15) is 11.5 Å². The van der Waals surface area contributed by atoms with E-state index in [9.17, 15) is 9.59 Å². The molecule has 2 N–H and O–H groups in total. The van der Waals surface area contributed by atoms with Crippen LogP contribution in [0.4, 0.5) is 5.69 Å². The molecule has 0 aliphatic carbocycles. The summed E-state index contributed by atoms with van der Waals surface area (Å²) >= 11 is 0. The summed E-state index contributed by atoms with van der Waals surface area (Å²) in [6, 6.07) is 14.0. The number of carbonyl (C=O) groups excluding carboxylic acids is 2. The van der Waals surface area contributed by atoms with Gasteiger partial charge in [-0.3, -0.25) is 9.59 Å². The number of ether oxygens (including phenoxy) is 2. The molecule has 6 heteroatoms. The Morgan fingerprint density at radius 3 is 2.56 bits per heavy atom. The molecule has 0 saturated carbocycles. The summed E-state index contributed by atoms with van der Waals surface area (Å²) in [7, 11) is 0. The smallest absolute Gasteiger partial charge is 0.224 e. The predicted molar refractivity (Wildman–Crippen MR) is 126 cm³/mol. The average molecular weight is 439 g/mol. The lowest BCUT2D eigenvalue weighted by Crippen LogP contribution is -2.32. The number of hydrogen-bond donors (Lipinski definition) is 2. The lowest BCUT2D eigenvalue weighted by molar-refractivity contribution is -0.122. The first kappa shape index (κ1) is 23.6. The second kappa shape index (κ2) is 11.6. The third-order valence-electron chi connectivity index (χ3n) is 5.36. The summed E-state index contributed by atoms with van der Waals surface area (Å²) in [5.41, 5.74) is 3.19. The maximum Gasteiger partial charge on any atom is 0.224 e. The number of benzene rings is 2. The molecule has 0 bridgehead atoms. The zero-order valence-electron chi connectivity index (χ0n) is 19.3. The Morgan fingerprint density at radius 1 is 1.06 bits per heavy atom. The van der Waals surface area contributed by atoms with Crippen molar-refractivity contribution in [3.05, 3.63) is 53.6 Å². The molecule has 0 aromatic heterocycles. The molecule has 1 heterocycles. The number of nitrogens with one attached hydrogen (secondary N) is 2. The van der Waals surface area contributed by atoms with E-state index in [1.54, 1.807) is 0 Å². The summed E-state index contributed by atoms with van der Waals surface area (Å²) in [4.78, 5) is 23.7. The van der Waals surface area contributed by atoms with Crippen LogP contribution >= 0.6 is 0 Å². The molecule has 0 radical (unpaired) electrons. The molecule has 32 heavy (non-hydrogen) atoms. The normalized spacial score (nSPS) is 13.8. The van der Waals surface area contributed by atoms with E-state index in [1.807, 2.05) is 51.1 Å². The standard InChI is InChI=1S/C26H34N2O4/c1-18(2)32-22-11-8-20(9-12-22)7-6-19(3)27-25(29)5-4-16-31-23-13-14-24-21(17-23)10-15-26(30)28-24/h8-9,11-14,17-19H,4-7,10,15-16H2,1-3H3,(H,27,29)(H,28,30). The van der Waals surface area contributed by atoms with Crippen LogP contribution in [0.15, 0.2) is 42.5 Å². The molecule has 1 unspecified atom stereocenters. The Bertz CT molecular complexity index is 909. The molecule has 1 aliphatic heterocycles. The Hall–Kier alpha value is -3.02. The van der Waals surface area contributed by atoms with Gasteiger partial charge in [-0.2, -0.15) is 0 Å². The van der Waals surface area contributed by atoms with Crippen LogP contribution in [0, 0.1) is 0 Å². The van der Waals surface area contributed by atoms with Crippen LogP contribution in [0.1, 0.15) is 57.6 Å². The molecular weight excluding hydrogens is 404 g/mol. The molecule has 1 aliphatic rings. The fourth-order valence-corrected chi connectivity index (χ4v) is 3.68. The highest BCUT2D eigenvalue weighted by Gasteiger charge is 2.15. The number of hydrogen-bond acceptors (Lipinski definition) is 4. The van der Waals surface area contributed by atoms with E-state index < -0.39 is 0 Å². The van der Waals surface area contributed by atoms with E-state index in [-0.39, 0.29) is 24.0 Å². The summed E-state index contributed by atoms with van der Waals surface area (Å²) in [6.45, 7) is 6.55. The van der Waals surface area contributed by atoms with Crippen LogP contribution in [-0.4, -0.2) is 30.6 Å². The molecule has 0 fully saturated rings. The molecule has 6 nitrogen and oxygen atoms in total. The summed E-state index contributed by atoms with van der Waals surface area (Å²) in [5.74, 6) is 1.77. The molecule has 1 atom stereocenters. The van der Waals surface area contributed by atoms with Gasteiger partial charge in [0.2, 0.25) is 11.8 Å². The highest BCUT2D eigenvalue weighted by atomic mass is 16.5. The van der Waals surface area contributed by atoms with Gasteiger partial charge < -0.3 is 20.1 Å². The van der Waals surface area contributed by atoms with Crippen molar-refractivity contribution in [2.45, 2.75) is 71.4 Å². The van der Waals surface area contributed by atoms with Crippen molar-refractivity contribution in [3.8, 4) is 11.5 Å². The number of carbonyl (C=O) groups is 2. The molecule has 2 amide bonds. The number of amides is 2. The number of fused-ring (bicyclic) bond motifs is 1. The predicted octanol–water partition coefficient (Wildman–Crippen LogP) is 4.66. The van der Waals surface area contributed by atoms with Crippen molar-refractivity contribution < 1.29 is 19.1 Å². The van der Waals surface area contributed by atoms with Crippen LogP contribution < -0.4 is 20.1 Å². The second-order valence-electron chi connectivity index (χ2n) is 8.64. The number of anilines is 1.